The Labute approximate surface area is 117 Å². The van der Waals surface area contributed by atoms with Gasteiger partial charge in [-0.05, 0) is 12.1 Å². The van der Waals surface area contributed by atoms with Crippen molar-refractivity contribution in [3.63, 3.8) is 0 Å². The maximum atomic E-state index is 11.3. The average Bonchev–Trinajstić information content (AvgIpc) is 2.83. The normalized spacial score (nSPS) is 16.8. The number of aromatic nitrogens is 1. The van der Waals surface area contributed by atoms with Crippen molar-refractivity contribution in [3.05, 3.63) is 24.1 Å². The largest absolute Gasteiger partial charge is 0.439 e. The van der Waals surface area contributed by atoms with Gasteiger partial charge in [0, 0.05) is 33.1 Å². The zero-order valence-corrected chi connectivity index (χ0v) is 11.5. The van der Waals surface area contributed by atoms with Crippen LogP contribution in [0, 0.1) is 0 Å². The lowest BCUT2D eigenvalue weighted by molar-refractivity contribution is -0.130. The Balaban J connectivity index is 1.68. The van der Waals surface area contributed by atoms with Crippen LogP contribution in [0.5, 0.6) is 0 Å². The maximum absolute atomic E-state index is 11.3. The molecule has 1 aromatic carbocycles. The molecule has 3 rings (SSSR count). The van der Waals surface area contributed by atoms with Gasteiger partial charge < -0.3 is 15.1 Å². The molecule has 2 aromatic rings. The molecule has 1 amide bonds. The van der Waals surface area contributed by atoms with Gasteiger partial charge in [-0.25, -0.2) is 4.98 Å². The first-order chi connectivity index (χ1) is 9.63. The molecule has 2 heterocycles. The van der Waals surface area contributed by atoms with E-state index in [-0.39, 0.29) is 5.91 Å². The van der Waals surface area contributed by atoms with Crippen molar-refractivity contribution in [1.82, 2.24) is 14.8 Å². The van der Waals surface area contributed by atoms with Gasteiger partial charge >= 0.3 is 0 Å². The summed E-state index contributed by atoms with van der Waals surface area (Å²) < 4.78 is 5.71. The van der Waals surface area contributed by atoms with E-state index in [1.165, 1.54) is 0 Å². The van der Waals surface area contributed by atoms with Crippen LogP contribution in [0.1, 0.15) is 12.8 Å². The quantitative estimate of drug-likeness (QED) is 0.829. The van der Waals surface area contributed by atoms with E-state index in [4.69, 9.17) is 10.2 Å². The third kappa shape index (κ3) is 2.46. The minimum Gasteiger partial charge on any atom is -0.439 e. The molecule has 1 aliphatic rings. The number of carbonyl (C=O) groups is 1. The van der Waals surface area contributed by atoms with Gasteiger partial charge in [0.25, 0.3) is 0 Å². The number of hydrogen-bond acceptors (Lipinski definition) is 5. The number of benzene rings is 1. The van der Waals surface area contributed by atoms with Crippen LogP contribution in [-0.4, -0.2) is 46.9 Å². The number of rotatable bonds is 2. The van der Waals surface area contributed by atoms with Crippen LogP contribution < -0.4 is 5.73 Å². The van der Waals surface area contributed by atoms with E-state index in [2.05, 4.69) is 9.88 Å². The number of fused-ring (bicyclic) bond motifs is 1. The Morgan fingerprint density at radius 1 is 1.35 bits per heavy atom. The van der Waals surface area contributed by atoms with Crippen molar-refractivity contribution in [2.24, 2.45) is 0 Å². The molecule has 0 atom stereocenters. The van der Waals surface area contributed by atoms with Crippen LogP contribution in [0.4, 0.5) is 5.69 Å². The van der Waals surface area contributed by atoms with Gasteiger partial charge in [-0.3, -0.25) is 9.69 Å². The van der Waals surface area contributed by atoms with Gasteiger partial charge in [-0.2, -0.15) is 0 Å². The van der Waals surface area contributed by atoms with Crippen molar-refractivity contribution in [2.45, 2.75) is 13.5 Å². The zero-order valence-electron chi connectivity index (χ0n) is 11.5. The summed E-state index contributed by atoms with van der Waals surface area (Å²) >= 11 is 0. The molecule has 0 bridgehead atoms. The second kappa shape index (κ2) is 5.13. The number of amides is 1. The van der Waals surface area contributed by atoms with E-state index >= 15 is 0 Å². The van der Waals surface area contributed by atoms with E-state index < -0.39 is 0 Å². The van der Waals surface area contributed by atoms with Crippen molar-refractivity contribution in [1.29, 1.82) is 0 Å². The van der Waals surface area contributed by atoms with Crippen LogP contribution >= 0.6 is 0 Å². The highest BCUT2D eigenvalue weighted by atomic mass is 16.3. The number of anilines is 1. The van der Waals surface area contributed by atoms with Gasteiger partial charge in [0.15, 0.2) is 5.58 Å². The van der Waals surface area contributed by atoms with Crippen LogP contribution in [0.15, 0.2) is 22.6 Å². The summed E-state index contributed by atoms with van der Waals surface area (Å²) in [6, 6.07) is 5.55. The molecule has 106 valence electrons. The molecule has 1 aliphatic heterocycles. The molecule has 0 saturated carbocycles. The van der Waals surface area contributed by atoms with E-state index in [9.17, 15) is 4.79 Å². The first kappa shape index (κ1) is 12.9. The standard InChI is InChI=1S/C14H18N4O2/c1-10(19)18-7-5-17(6-8-18)9-13-16-14-11(15)3-2-4-12(14)20-13/h2-4H,5-9,15H2,1H3. The first-order valence-corrected chi connectivity index (χ1v) is 6.75. The molecule has 2 N–H and O–H groups in total. The molecule has 0 radical (unpaired) electrons. The minimum absolute atomic E-state index is 0.138. The fourth-order valence-electron chi connectivity index (χ4n) is 2.50. The number of carbonyl (C=O) groups excluding carboxylic acids is 1. The third-order valence-electron chi connectivity index (χ3n) is 3.67. The second-order valence-corrected chi connectivity index (χ2v) is 5.08. The van der Waals surface area contributed by atoms with Crippen LogP contribution in [0.2, 0.25) is 0 Å². The second-order valence-electron chi connectivity index (χ2n) is 5.08. The van der Waals surface area contributed by atoms with Crippen LogP contribution in [0.25, 0.3) is 11.1 Å². The fourth-order valence-corrected chi connectivity index (χ4v) is 2.50. The Hall–Kier alpha value is -2.08. The van der Waals surface area contributed by atoms with Crippen LogP contribution in [0.3, 0.4) is 0 Å². The van der Waals surface area contributed by atoms with Crippen molar-refractivity contribution in [3.8, 4) is 0 Å². The summed E-state index contributed by atoms with van der Waals surface area (Å²) in [6.07, 6.45) is 0. The summed E-state index contributed by atoms with van der Waals surface area (Å²) in [5.74, 6) is 0.813. The van der Waals surface area contributed by atoms with Gasteiger partial charge in [-0.15, -0.1) is 0 Å². The molecule has 0 unspecified atom stereocenters. The average molecular weight is 274 g/mol. The number of hydrogen-bond donors (Lipinski definition) is 1. The Bertz CT molecular complexity index is 629. The summed E-state index contributed by atoms with van der Waals surface area (Å²) in [4.78, 5) is 19.8. The number of piperazine rings is 1. The lowest BCUT2D eigenvalue weighted by Crippen LogP contribution is -2.47. The Kier molecular flexibility index (Phi) is 3.31. The molecule has 0 aliphatic carbocycles. The lowest BCUT2D eigenvalue weighted by atomic mass is 10.3. The summed E-state index contributed by atoms with van der Waals surface area (Å²) in [5.41, 5.74) is 7.96. The smallest absolute Gasteiger partial charge is 0.219 e. The van der Waals surface area contributed by atoms with Gasteiger partial charge in [-0.1, -0.05) is 6.07 Å². The molecule has 6 nitrogen and oxygen atoms in total. The number of nitrogens with two attached hydrogens (primary N) is 1. The van der Waals surface area contributed by atoms with E-state index in [0.29, 0.717) is 18.1 Å². The molecule has 1 saturated heterocycles. The molecule has 1 fully saturated rings. The molecule has 0 spiro atoms. The summed E-state index contributed by atoms with van der Waals surface area (Å²) in [6.45, 7) is 5.47. The van der Waals surface area contributed by atoms with Gasteiger partial charge in [0.05, 0.1) is 12.2 Å². The molecule has 1 aromatic heterocycles. The number of nitrogen functional groups attached to an aromatic ring is 1. The molecular formula is C14H18N4O2. The lowest BCUT2D eigenvalue weighted by Gasteiger charge is -2.33. The highest BCUT2D eigenvalue weighted by Gasteiger charge is 2.20. The zero-order chi connectivity index (χ0) is 14.1. The number of para-hydroxylation sites is 1. The number of oxazole rings is 1. The molecule has 6 heteroatoms. The Morgan fingerprint density at radius 3 is 2.75 bits per heavy atom. The maximum Gasteiger partial charge on any atom is 0.219 e. The van der Waals surface area contributed by atoms with E-state index in [1.54, 1.807) is 6.92 Å². The predicted octanol–water partition coefficient (Wildman–Crippen LogP) is 1.07. The van der Waals surface area contributed by atoms with E-state index in [1.807, 2.05) is 23.1 Å². The number of nitrogens with zero attached hydrogens (tertiary/aromatic N) is 3. The first-order valence-electron chi connectivity index (χ1n) is 6.75. The van der Waals surface area contributed by atoms with Crippen molar-refractivity contribution in [2.75, 3.05) is 31.9 Å². The van der Waals surface area contributed by atoms with Crippen molar-refractivity contribution >= 4 is 22.7 Å². The highest BCUT2D eigenvalue weighted by molar-refractivity contribution is 5.85. The minimum atomic E-state index is 0.138. The van der Waals surface area contributed by atoms with Crippen molar-refractivity contribution < 1.29 is 9.21 Å². The van der Waals surface area contributed by atoms with Crippen LogP contribution in [-0.2, 0) is 11.3 Å². The van der Waals surface area contributed by atoms with Gasteiger partial charge in [0.1, 0.15) is 5.52 Å². The molecule has 20 heavy (non-hydrogen) atoms. The Morgan fingerprint density at radius 2 is 2.10 bits per heavy atom. The van der Waals surface area contributed by atoms with Gasteiger partial charge in [0.2, 0.25) is 11.8 Å². The third-order valence-corrected chi connectivity index (χ3v) is 3.67. The highest BCUT2D eigenvalue weighted by Crippen LogP contribution is 2.22. The SMILES string of the molecule is CC(=O)N1CCN(Cc2nc3c(N)cccc3o2)CC1. The fraction of sp³-hybridized carbons (Fsp3) is 0.429. The topological polar surface area (TPSA) is 75.6 Å². The van der Waals surface area contributed by atoms with E-state index in [0.717, 1.165) is 37.3 Å². The predicted molar refractivity (Wildman–Crippen MR) is 76.0 cm³/mol. The summed E-state index contributed by atoms with van der Waals surface area (Å²) in [7, 11) is 0. The summed E-state index contributed by atoms with van der Waals surface area (Å²) in [5, 5.41) is 0. The molecular weight excluding hydrogens is 256 g/mol. The monoisotopic (exact) mass is 274 g/mol.